The molecule has 2 amide bonds. The van der Waals surface area contributed by atoms with E-state index < -0.39 is 34.5 Å². The number of rotatable bonds is 11. The summed E-state index contributed by atoms with van der Waals surface area (Å²) < 4.78 is 46.5. The standard InChI is InChI=1S/C23H31FN4O5S/c1-6-21(23(30)25-2)27(15-17-7-13-20(33-5)14-8-17)22(29)16-28(34(31,32)26(3)4)19-11-9-18(24)10-12-19/h7-14,21H,6,15-16H2,1-5H3,(H,25,30)/t21-/m0/s1. The van der Waals surface area contributed by atoms with Gasteiger partial charge in [0.2, 0.25) is 11.8 Å². The first kappa shape index (κ1) is 27.1. The molecule has 2 aromatic carbocycles. The van der Waals surface area contributed by atoms with Gasteiger partial charge in [0.1, 0.15) is 24.2 Å². The van der Waals surface area contributed by atoms with E-state index >= 15 is 0 Å². The molecule has 0 bridgehead atoms. The normalized spacial score (nSPS) is 12.2. The number of anilines is 1. The number of hydrogen-bond donors (Lipinski definition) is 1. The van der Waals surface area contributed by atoms with Gasteiger partial charge in [-0.25, -0.2) is 8.70 Å². The molecule has 11 heteroatoms. The fourth-order valence-corrected chi connectivity index (χ4v) is 4.39. The third-order valence-electron chi connectivity index (χ3n) is 5.28. The summed E-state index contributed by atoms with van der Waals surface area (Å²) in [6, 6.07) is 11.0. The number of nitrogens with zero attached hydrogens (tertiary/aromatic N) is 3. The van der Waals surface area contributed by atoms with Gasteiger partial charge in [-0.05, 0) is 48.4 Å². The van der Waals surface area contributed by atoms with E-state index in [4.69, 9.17) is 4.74 Å². The van der Waals surface area contributed by atoms with Crippen LogP contribution >= 0.6 is 0 Å². The number of carbonyl (C=O) groups excluding carboxylic acids is 2. The fraction of sp³-hybridized carbons (Fsp3) is 0.391. The van der Waals surface area contributed by atoms with Gasteiger partial charge >= 0.3 is 10.2 Å². The van der Waals surface area contributed by atoms with Crippen LogP contribution in [0.25, 0.3) is 0 Å². The minimum absolute atomic E-state index is 0.0774. The highest BCUT2D eigenvalue weighted by Crippen LogP contribution is 2.22. The molecule has 1 N–H and O–H groups in total. The Labute approximate surface area is 200 Å². The van der Waals surface area contributed by atoms with Crippen molar-refractivity contribution in [3.63, 3.8) is 0 Å². The van der Waals surface area contributed by atoms with Crippen molar-refractivity contribution in [1.29, 1.82) is 0 Å². The number of likely N-dealkylation sites (N-methyl/N-ethyl adjacent to an activating group) is 1. The lowest BCUT2D eigenvalue weighted by molar-refractivity contribution is -0.140. The molecule has 0 fully saturated rings. The first-order chi connectivity index (χ1) is 16.0. The Morgan fingerprint density at radius 2 is 1.65 bits per heavy atom. The molecule has 9 nitrogen and oxygen atoms in total. The summed E-state index contributed by atoms with van der Waals surface area (Å²) in [7, 11) is 1.60. The van der Waals surface area contributed by atoms with Crippen LogP contribution in [0, 0.1) is 5.82 Å². The van der Waals surface area contributed by atoms with Gasteiger partial charge in [-0.3, -0.25) is 9.59 Å². The van der Waals surface area contributed by atoms with Crippen LogP contribution in [0.2, 0.25) is 0 Å². The molecule has 0 aromatic heterocycles. The molecular weight excluding hydrogens is 463 g/mol. The van der Waals surface area contributed by atoms with Crippen LogP contribution in [-0.4, -0.2) is 70.3 Å². The van der Waals surface area contributed by atoms with Crippen LogP contribution in [0.15, 0.2) is 48.5 Å². The highest BCUT2D eigenvalue weighted by molar-refractivity contribution is 7.90. The Kier molecular flexibility index (Phi) is 9.39. The maximum Gasteiger partial charge on any atom is 0.304 e. The van der Waals surface area contributed by atoms with Gasteiger partial charge in [0.05, 0.1) is 12.8 Å². The van der Waals surface area contributed by atoms with Crippen molar-refractivity contribution >= 4 is 27.7 Å². The Balaban J connectivity index is 2.46. The minimum Gasteiger partial charge on any atom is -0.497 e. The second-order valence-corrected chi connectivity index (χ2v) is 9.75. The van der Waals surface area contributed by atoms with Crippen LogP contribution in [0.5, 0.6) is 5.75 Å². The van der Waals surface area contributed by atoms with Gasteiger partial charge in [0.15, 0.2) is 0 Å². The number of methoxy groups -OCH3 is 1. The summed E-state index contributed by atoms with van der Waals surface area (Å²) >= 11 is 0. The largest absolute Gasteiger partial charge is 0.497 e. The average molecular weight is 495 g/mol. The molecule has 0 saturated heterocycles. The van der Waals surface area contributed by atoms with Crippen molar-refractivity contribution in [2.24, 2.45) is 0 Å². The van der Waals surface area contributed by atoms with E-state index in [1.54, 1.807) is 38.3 Å². The van der Waals surface area contributed by atoms with Crippen molar-refractivity contribution in [3.8, 4) is 5.75 Å². The van der Waals surface area contributed by atoms with Gasteiger partial charge in [-0.1, -0.05) is 19.1 Å². The van der Waals surface area contributed by atoms with E-state index in [2.05, 4.69) is 5.32 Å². The number of halogens is 1. The monoisotopic (exact) mass is 494 g/mol. The Bertz CT molecular complexity index is 1080. The van der Waals surface area contributed by atoms with Crippen molar-refractivity contribution in [2.75, 3.05) is 39.1 Å². The molecule has 0 unspecified atom stereocenters. The maximum absolute atomic E-state index is 13.5. The molecule has 2 rings (SSSR count). The van der Waals surface area contributed by atoms with Crippen molar-refractivity contribution in [1.82, 2.24) is 14.5 Å². The van der Waals surface area contributed by atoms with Crippen LogP contribution in [0.1, 0.15) is 18.9 Å². The number of benzene rings is 2. The molecule has 2 aromatic rings. The van der Waals surface area contributed by atoms with Crippen LogP contribution in [-0.2, 0) is 26.3 Å². The van der Waals surface area contributed by atoms with Gasteiger partial charge in [-0.2, -0.15) is 12.7 Å². The fourth-order valence-electron chi connectivity index (χ4n) is 3.34. The lowest BCUT2D eigenvalue weighted by atomic mass is 10.1. The molecule has 0 aliphatic rings. The SMILES string of the molecule is CC[C@@H](C(=O)NC)N(Cc1ccc(OC)cc1)C(=O)CN(c1ccc(F)cc1)S(=O)(=O)N(C)C. The number of ether oxygens (including phenoxy) is 1. The smallest absolute Gasteiger partial charge is 0.304 e. The molecule has 34 heavy (non-hydrogen) atoms. The number of amides is 2. The highest BCUT2D eigenvalue weighted by Gasteiger charge is 2.33. The zero-order chi connectivity index (χ0) is 25.5. The molecular formula is C23H31FN4O5S. The zero-order valence-corrected chi connectivity index (χ0v) is 20.8. The van der Waals surface area contributed by atoms with E-state index in [9.17, 15) is 22.4 Å². The van der Waals surface area contributed by atoms with E-state index in [0.717, 1.165) is 26.3 Å². The van der Waals surface area contributed by atoms with E-state index in [1.165, 1.54) is 38.2 Å². The third-order valence-corrected chi connectivity index (χ3v) is 7.10. The van der Waals surface area contributed by atoms with Crippen molar-refractivity contribution < 1.29 is 27.1 Å². The highest BCUT2D eigenvalue weighted by atomic mass is 32.2. The average Bonchev–Trinajstić information content (AvgIpc) is 2.82. The summed E-state index contributed by atoms with van der Waals surface area (Å²) in [6.45, 7) is 1.27. The van der Waals surface area contributed by atoms with Gasteiger partial charge < -0.3 is 15.0 Å². The molecule has 0 spiro atoms. The lowest BCUT2D eigenvalue weighted by Gasteiger charge is -2.33. The van der Waals surface area contributed by atoms with Gasteiger partial charge in [0, 0.05) is 27.7 Å². The maximum atomic E-state index is 13.5. The number of carbonyl (C=O) groups is 2. The van der Waals surface area contributed by atoms with Crippen LogP contribution in [0.4, 0.5) is 10.1 Å². The molecule has 186 valence electrons. The van der Waals surface area contributed by atoms with Crippen molar-refractivity contribution in [2.45, 2.75) is 25.9 Å². The summed E-state index contributed by atoms with van der Waals surface area (Å²) in [4.78, 5) is 27.5. The zero-order valence-electron chi connectivity index (χ0n) is 20.0. The van der Waals surface area contributed by atoms with Gasteiger partial charge in [0.25, 0.3) is 0 Å². The van der Waals surface area contributed by atoms with Crippen LogP contribution < -0.4 is 14.4 Å². The quantitative estimate of drug-likeness (QED) is 0.515. The second kappa shape index (κ2) is 11.8. The second-order valence-electron chi connectivity index (χ2n) is 7.68. The summed E-state index contributed by atoms with van der Waals surface area (Å²) in [5, 5.41) is 2.56. The van der Waals surface area contributed by atoms with E-state index in [0.29, 0.717) is 12.2 Å². The predicted octanol–water partition coefficient (Wildman–Crippen LogP) is 2.00. The molecule has 1 atom stereocenters. The topological polar surface area (TPSA) is 99.3 Å². The molecule has 0 saturated carbocycles. The summed E-state index contributed by atoms with van der Waals surface area (Å²) in [5.41, 5.74) is 0.862. The Morgan fingerprint density at radius 1 is 1.06 bits per heavy atom. The van der Waals surface area contributed by atoms with E-state index in [-0.39, 0.29) is 18.1 Å². The summed E-state index contributed by atoms with van der Waals surface area (Å²) in [6.07, 6.45) is 0.318. The predicted molar refractivity (Wildman–Crippen MR) is 128 cm³/mol. The Hall–Kier alpha value is -3.18. The molecule has 0 radical (unpaired) electrons. The third kappa shape index (κ3) is 6.45. The number of nitrogens with one attached hydrogen (secondary N) is 1. The molecule has 0 aliphatic heterocycles. The van der Waals surface area contributed by atoms with Crippen LogP contribution in [0.3, 0.4) is 0 Å². The Morgan fingerprint density at radius 3 is 2.12 bits per heavy atom. The first-order valence-electron chi connectivity index (χ1n) is 10.6. The van der Waals surface area contributed by atoms with Crippen molar-refractivity contribution in [3.05, 3.63) is 59.9 Å². The van der Waals surface area contributed by atoms with Gasteiger partial charge in [-0.15, -0.1) is 0 Å². The lowest BCUT2D eigenvalue weighted by Crippen LogP contribution is -2.52. The summed E-state index contributed by atoms with van der Waals surface area (Å²) in [5.74, 6) is -0.849. The minimum atomic E-state index is -4.09. The first-order valence-corrected chi connectivity index (χ1v) is 12.0. The van der Waals surface area contributed by atoms with E-state index in [1.807, 2.05) is 0 Å². The number of hydrogen-bond acceptors (Lipinski definition) is 5. The molecule has 0 aliphatic carbocycles. The molecule has 0 heterocycles.